The molecule has 0 bridgehead atoms. The Labute approximate surface area is 148 Å². The SMILES string of the molecule is Nc1ccc(CN(Cc2ccc(N)cc2)Cc2ccc(N)cc2)cc1. The van der Waals surface area contributed by atoms with Crippen molar-refractivity contribution in [2.75, 3.05) is 17.2 Å². The maximum absolute atomic E-state index is 5.80. The molecule has 0 atom stereocenters. The molecule has 0 radical (unpaired) electrons. The standard InChI is InChI=1S/C21H24N4/c22-19-7-1-16(2-8-19)13-25(14-17-3-9-20(23)10-4-17)15-18-5-11-21(24)12-6-18/h1-12H,13-15,22-24H2. The summed E-state index contributed by atoms with van der Waals surface area (Å²) in [7, 11) is 0. The van der Waals surface area contributed by atoms with Crippen LogP contribution >= 0.6 is 0 Å². The second kappa shape index (κ2) is 7.73. The fourth-order valence-corrected chi connectivity index (χ4v) is 2.81. The second-order valence-electron chi connectivity index (χ2n) is 6.37. The molecule has 0 unspecified atom stereocenters. The number of nitrogen functional groups attached to an aromatic ring is 3. The minimum absolute atomic E-state index is 0.785. The molecule has 0 spiro atoms. The number of nitrogens with zero attached hydrogens (tertiary/aromatic N) is 1. The van der Waals surface area contributed by atoms with E-state index in [9.17, 15) is 0 Å². The van der Waals surface area contributed by atoms with Gasteiger partial charge in [0.2, 0.25) is 0 Å². The van der Waals surface area contributed by atoms with Crippen molar-refractivity contribution >= 4 is 17.1 Å². The Bertz CT molecular complexity index is 680. The Hall–Kier alpha value is -2.98. The minimum Gasteiger partial charge on any atom is -0.399 e. The highest BCUT2D eigenvalue weighted by atomic mass is 15.1. The van der Waals surface area contributed by atoms with Gasteiger partial charge in [-0.15, -0.1) is 0 Å². The van der Waals surface area contributed by atoms with E-state index in [1.165, 1.54) is 16.7 Å². The van der Waals surface area contributed by atoms with Crippen molar-refractivity contribution in [2.24, 2.45) is 0 Å². The maximum Gasteiger partial charge on any atom is 0.0314 e. The van der Waals surface area contributed by atoms with Gasteiger partial charge >= 0.3 is 0 Å². The summed E-state index contributed by atoms with van der Waals surface area (Å²) in [6.07, 6.45) is 0. The van der Waals surface area contributed by atoms with Crippen LogP contribution in [0.15, 0.2) is 72.8 Å². The van der Waals surface area contributed by atoms with Crippen LogP contribution in [0, 0.1) is 0 Å². The van der Waals surface area contributed by atoms with Crippen LogP contribution in [0.2, 0.25) is 0 Å². The number of benzene rings is 3. The van der Waals surface area contributed by atoms with Crippen molar-refractivity contribution in [3.8, 4) is 0 Å². The normalized spacial score (nSPS) is 10.9. The molecule has 3 aromatic carbocycles. The molecule has 0 aliphatic heterocycles. The molecule has 0 amide bonds. The fraction of sp³-hybridized carbons (Fsp3) is 0.143. The highest BCUT2D eigenvalue weighted by Gasteiger charge is 2.09. The van der Waals surface area contributed by atoms with Crippen LogP contribution in [0.25, 0.3) is 0 Å². The molecule has 0 heterocycles. The third kappa shape index (κ3) is 4.99. The van der Waals surface area contributed by atoms with Crippen molar-refractivity contribution < 1.29 is 0 Å². The third-order valence-electron chi connectivity index (χ3n) is 4.16. The molecule has 4 nitrogen and oxygen atoms in total. The molecule has 128 valence electrons. The summed E-state index contributed by atoms with van der Waals surface area (Å²) in [5, 5.41) is 0. The number of rotatable bonds is 6. The van der Waals surface area contributed by atoms with E-state index in [4.69, 9.17) is 17.2 Å². The summed E-state index contributed by atoms with van der Waals surface area (Å²) >= 11 is 0. The fourth-order valence-electron chi connectivity index (χ4n) is 2.81. The van der Waals surface area contributed by atoms with Gasteiger partial charge in [0.25, 0.3) is 0 Å². The summed E-state index contributed by atoms with van der Waals surface area (Å²) in [5.41, 5.74) is 23.4. The van der Waals surface area contributed by atoms with Crippen LogP contribution in [0.4, 0.5) is 17.1 Å². The van der Waals surface area contributed by atoms with Crippen molar-refractivity contribution in [3.63, 3.8) is 0 Å². The summed E-state index contributed by atoms with van der Waals surface area (Å²) in [6, 6.07) is 24.1. The Kier molecular flexibility index (Phi) is 5.21. The van der Waals surface area contributed by atoms with Gasteiger partial charge in [-0.1, -0.05) is 36.4 Å². The minimum atomic E-state index is 0.785. The zero-order chi connectivity index (χ0) is 17.6. The van der Waals surface area contributed by atoms with Gasteiger partial charge in [0.1, 0.15) is 0 Å². The van der Waals surface area contributed by atoms with Crippen molar-refractivity contribution in [1.29, 1.82) is 0 Å². The lowest BCUT2D eigenvalue weighted by atomic mass is 10.1. The van der Waals surface area contributed by atoms with Crippen LogP contribution in [0.3, 0.4) is 0 Å². The number of hydrogen-bond donors (Lipinski definition) is 3. The summed E-state index contributed by atoms with van der Waals surface area (Å²) < 4.78 is 0. The number of anilines is 3. The van der Waals surface area contributed by atoms with E-state index in [2.05, 4.69) is 41.3 Å². The topological polar surface area (TPSA) is 81.3 Å². The van der Waals surface area contributed by atoms with Gasteiger partial charge in [0.05, 0.1) is 0 Å². The van der Waals surface area contributed by atoms with Gasteiger partial charge in [0, 0.05) is 36.7 Å². The zero-order valence-electron chi connectivity index (χ0n) is 14.2. The Morgan fingerprint density at radius 3 is 0.920 bits per heavy atom. The summed E-state index contributed by atoms with van der Waals surface area (Å²) in [4.78, 5) is 2.39. The number of nitrogens with two attached hydrogens (primary N) is 3. The Morgan fingerprint density at radius 1 is 0.440 bits per heavy atom. The van der Waals surface area contributed by atoms with Crippen LogP contribution in [0.1, 0.15) is 16.7 Å². The predicted octanol–water partition coefficient (Wildman–Crippen LogP) is 3.64. The van der Waals surface area contributed by atoms with E-state index >= 15 is 0 Å². The molecule has 0 aromatic heterocycles. The molecule has 0 saturated carbocycles. The van der Waals surface area contributed by atoms with Crippen LogP contribution in [0.5, 0.6) is 0 Å². The lowest BCUT2D eigenvalue weighted by molar-refractivity contribution is 0.248. The first kappa shape index (κ1) is 16.9. The molecular formula is C21H24N4. The monoisotopic (exact) mass is 332 g/mol. The first-order chi connectivity index (χ1) is 12.1. The van der Waals surface area contributed by atoms with E-state index < -0.39 is 0 Å². The van der Waals surface area contributed by atoms with Crippen LogP contribution in [-0.4, -0.2) is 4.90 Å². The van der Waals surface area contributed by atoms with Gasteiger partial charge in [-0.05, 0) is 53.1 Å². The lowest BCUT2D eigenvalue weighted by Crippen LogP contribution is -2.22. The zero-order valence-corrected chi connectivity index (χ0v) is 14.2. The third-order valence-corrected chi connectivity index (χ3v) is 4.16. The molecule has 0 saturated heterocycles. The largest absolute Gasteiger partial charge is 0.399 e. The van der Waals surface area contributed by atoms with E-state index in [1.54, 1.807) is 0 Å². The highest BCUT2D eigenvalue weighted by Crippen LogP contribution is 2.17. The molecule has 0 aliphatic rings. The molecule has 0 fully saturated rings. The maximum atomic E-state index is 5.80. The first-order valence-electron chi connectivity index (χ1n) is 8.34. The van der Waals surface area contributed by atoms with Crippen molar-refractivity contribution in [1.82, 2.24) is 4.90 Å². The molecule has 0 aliphatic carbocycles. The quantitative estimate of drug-likeness (QED) is 0.602. The lowest BCUT2D eigenvalue weighted by Gasteiger charge is -2.23. The Morgan fingerprint density at radius 2 is 0.680 bits per heavy atom. The first-order valence-corrected chi connectivity index (χ1v) is 8.34. The van der Waals surface area contributed by atoms with E-state index in [0.29, 0.717) is 0 Å². The molecule has 3 rings (SSSR count). The average molecular weight is 332 g/mol. The van der Waals surface area contributed by atoms with Crippen molar-refractivity contribution in [3.05, 3.63) is 89.5 Å². The van der Waals surface area contributed by atoms with Gasteiger partial charge in [-0.25, -0.2) is 0 Å². The van der Waals surface area contributed by atoms with Gasteiger partial charge in [-0.3, -0.25) is 4.90 Å². The molecule has 3 aromatic rings. The Balaban J connectivity index is 1.77. The van der Waals surface area contributed by atoms with E-state index in [-0.39, 0.29) is 0 Å². The molecule has 25 heavy (non-hydrogen) atoms. The second-order valence-corrected chi connectivity index (χ2v) is 6.37. The van der Waals surface area contributed by atoms with E-state index in [1.807, 2.05) is 36.4 Å². The summed E-state index contributed by atoms with van der Waals surface area (Å²) in [5.74, 6) is 0. The molecular weight excluding hydrogens is 308 g/mol. The molecule has 4 heteroatoms. The van der Waals surface area contributed by atoms with E-state index in [0.717, 1.165) is 36.7 Å². The predicted molar refractivity (Wildman–Crippen MR) is 106 cm³/mol. The number of hydrogen-bond acceptors (Lipinski definition) is 4. The van der Waals surface area contributed by atoms with Crippen LogP contribution in [-0.2, 0) is 19.6 Å². The van der Waals surface area contributed by atoms with Crippen LogP contribution < -0.4 is 17.2 Å². The smallest absolute Gasteiger partial charge is 0.0314 e. The summed E-state index contributed by atoms with van der Waals surface area (Å²) in [6.45, 7) is 2.53. The molecule has 6 N–H and O–H groups in total. The average Bonchev–Trinajstić information content (AvgIpc) is 2.61. The highest BCUT2D eigenvalue weighted by molar-refractivity contribution is 5.41. The van der Waals surface area contributed by atoms with Crippen molar-refractivity contribution in [2.45, 2.75) is 19.6 Å². The van der Waals surface area contributed by atoms with Gasteiger partial charge in [0.15, 0.2) is 0 Å². The van der Waals surface area contributed by atoms with Gasteiger partial charge in [-0.2, -0.15) is 0 Å². The van der Waals surface area contributed by atoms with Gasteiger partial charge < -0.3 is 17.2 Å².